The van der Waals surface area contributed by atoms with E-state index in [4.69, 9.17) is 4.74 Å². The molecule has 0 heterocycles. The van der Waals surface area contributed by atoms with Crippen LogP contribution in [0, 0.1) is 6.92 Å². The van der Waals surface area contributed by atoms with Crippen molar-refractivity contribution in [3.63, 3.8) is 0 Å². The first-order valence-electron chi connectivity index (χ1n) is 6.80. The SMILES string of the molecule is COc1ccc(C(=O)N/N=C(/C)c2ccc(C)cc2)c(O)c1. The topological polar surface area (TPSA) is 70.9 Å². The molecular weight excluding hydrogens is 280 g/mol. The van der Waals surface area contributed by atoms with E-state index in [0.29, 0.717) is 11.5 Å². The van der Waals surface area contributed by atoms with Gasteiger partial charge in [0.1, 0.15) is 11.5 Å². The number of carbonyl (C=O) groups is 1. The monoisotopic (exact) mass is 298 g/mol. The maximum Gasteiger partial charge on any atom is 0.275 e. The molecule has 2 aromatic rings. The van der Waals surface area contributed by atoms with Crippen molar-refractivity contribution in [1.82, 2.24) is 5.43 Å². The van der Waals surface area contributed by atoms with Crippen LogP contribution in [0.4, 0.5) is 0 Å². The highest BCUT2D eigenvalue weighted by atomic mass is 16.5. The van der Waals surface area contributed by atoms with E-state index in [2.05, 4.69) is 10.5 Å². The number of aryl methyl sites for hydroxylation is 1. The van der Waals surface area contributed by atoms with E-state index in [1.807, 2.05) is 31.2 Å². The van der Waals surface area contributed by atoms with Crippen molar-refractivity contribution in [1.29, 1.82) is 0 Å². The van der Waals surface area contributed by atoms with Gasteiger partial charge in [-0.3, -0.25) is 4.79 Å². The number of ether oxygens (including phenoxy) is 1. The normalized spacial score (nSPS) is 11.1. The Morgan fingerprint density at radius 2 is 1.86 bits per heavy atom. The van der Waals surface area contributed by atoms with Crippen LogP contribution in [-0.4, -0.2) is 23.8 Å². The molecular formula is C17H18N2O3. The van der Waals surface area contributed by atoms with Crippen molar-refractivity contribution in [2.24, 2.45) is 5.10 Å². The maximum atomic E-state index is 12.0. The van der Waals surface area contributed by atoms with Gasteiger partial charge in [-0.05, 0) is 31.5 Å². The Hall–Kier alpha value is -2.82. The highest BCUT2D eigenvalue weighted by Gasteiger charge is 2.11. The predicted octanol–water partition coefficient (Wildman–Crippen LogP) is 2.86. The molecule has 22 heavy (non-hydrogen) atoms. The first kappa shape index (κ1) is 15.6. The zero-order chi connectivity index (χ0) is 16.1. The molecule has 5 heteroatoms. The number of carbonyl (C=O) groups excluding carboxylic acids is 1. The summed E-state index contributed by atoms with van der Waals surface area (Å²) in [4.78, 5) is 12.0. The van der Waals surface area contributed by atoms with E-state index in [0.717, 1.165) is 11.1 Å². The average molecular weight is 298 g/mol. The van der Waals surface area contributed by atoms with Gasteiger partial charge in [0.2, 0.25) is 0 Å². The number of phenols is 1. The second-order valence-electron chi connectivity index (χ2n) is 4.89. The summed E-state index contributed by atoms with van der Waals surface area (Å²) in [6, 6.07) is 12.3. The van der Waals surface area contributed by atoms with E-state index in [-0.39, 0.29) is 11.3 Å². The van der Waals surface area contributed by atoms with Crippen LogP contribution in [-0.2, 0) is 0 Å². The molecule has 0 saturated carbocycles. The van der Waals surface area contributed by atoms with Gasteiger partial charge in [0.15, 0.2) is 0 Å². The van der Waals surface area contributed by atoms with Gasteiger partial charge in [-0.2, -0.15) is 5.10 Å². The molecule has 5 nitrogen and oxygen atoms in total. The Labute approximate surface area is 129 Å². The summed E-state index contributed by atoms with van der Waals surface area (Å²) in [5, 5.41) is 13.9. The summed E-state index contributed by atoms with van der Waals surface area (Å²) in [6.07, 6.45) is 0. The Morgan fingerprint density at radius 1 is 1.18 bits per heavy atom. The number of hydrogen-bond donors (Lipinski definition) is 2. The van der Waals surface area contributed by atoms with Crippen molar-refractivity contribution in [2.75, 3.05) is 7.11 Å². The van der Waals surface area contributed by atoms with Crippen molar-refractivity contribution in [2.45, 2.75) is 13.8 Å². The minimum absolute atomic E-state index is 0.140. The summed E-state index contributed by atoms with van der Waals surface area (Å²) in [5.41, 5.74) is 5.34. The molecule has 2 rings (SSSR count). The number of methoxy groups -OCH3 is 1. The summed E-state index contributed by atoms with van der Waals surface area (Å²) in [7, 11) is 1.49. The van der Waals surface area contributed by atoms with Crippen molar-refractivity contribution < 1.29 is 14.6 Å². The van der Waals surface area contributed by atoms with E-state index in [9.17, 15) is 9.90 Å². The van der Waals surface area contributed by atoms with Gasteiger partial charge >= 0.3 is 0 Å². The molecule has 2 aromatic carbocycles. The van der Waals surface area contributed by atoms with E-state index < -0.39 is 5.91 Å². The molecule has 2 N–H and O–H groups in total. The van der Waals surface area contributed by atoms with E-state index in [1.54, 1.807) is 13.0 Å². The van der Waals surface area contributed by atoms with Gasteiger partial charge in [0.25, 0.3) is 5.91 Å². The summed E-state index contributed by atoms with van der Waals surface area (Å²) in [5.74, 6) is -0.153. The third-order valence-corrected chi connectivity index (χ3v) is 3.24. The number of nitrogens with zero attached hydrogens (tertiary/aromatic N) is 1. The fraction of sp³-hybridized carbons (Fsp3) is 0.176. The summed E-state index contributed by atoms with van der Waals surface area (Å²) < 4.78 is 4.98. The molecule has 0 atom stereocenters. The lowest BCUT2D eigenvalue weighted by molar-refractivity contribution is 0.0952. The Kier molecular flexibility index (Phi) is 4.78. The van der Waals surface area contributed by atoms with Crippen LogP contribution in [0.25, 0.3) is 0 Å². The highest BCUT2D eigenvalue weighted by molar-refractivity contribution is 6.01. The maximum absolute atomic E-state index is 12.0. The second kappa shape index (κ2) is 6.76. The number of hydrogen-bond acceptors (Lipinski definition) is 4. The molecule has 0 unspecified atom stereocenters. The Morgan fingerprint density at radius 3 is 2.45 bits per heavy atom. The van der Waals surface area contributed by atoms with Crippen LogP contribution < -0.4 is 10.2 Å². The molecule has 0 aliphatic rings. The minimum Gasteiger partial charge on any atom is -0.507 e. The molecule has 0 fully saturated rings. The number of amides is 1. The molecule has 1 amide bonds. The molecule has 0 bridgehead atoms. The van der Waals surface area contributed by atoms with Crippen LogP contribution in [0.1, 0.15) is 28.4 Å². The number of phenolic OH excluding ortho intramolecular Hbond substituents is 1. The highest BCUT2D eigenvalue weighted by Crippen LogP contribution is 2.23. The van der Waals surface area contributed by atoms with Crippen molar-refractivity contribution in [3.05, 3.63) is 59.2 Å². The standard InChI is InChI=1S/C17H18N2O3/c1-11-4-6-13(7-5-11)12(2)18-19-17(21)15-9-8-14(22-3)10-16(15)20/h4-10,20H,1-3H3,(H,19,21)/b18-12-. The fourth-order valence-corrected chi connectivity index (χ4v) is 1.88. The summed E-state index contributed by atoms with van der Waals surface area (Å²) in [6.45, 7) is 3.81. The molecule has 0 aliphatic heterocycles. The minimum atomic E-state index is -0.480. The van der Waals surface area contributed by atoms with Gasteiger partial charge < -0.3 is 9.84 Å². The lowest BCUT2D eigenvalue weighted by Crippen LogP contribution is -2.19. The van der Waals surface area contributed by atoms with Gasteiger partial charge in [0, 0.05) is 6.07 Å². The Bertz CT molecular complexity index is 706. The van der Waals surface area contributed by atoms with Crippen molar-refractivity contribution in [3.8, 4) is 11.5 Å². The predicted molar refractivity (Wildman–Crippen MR) is 85.5 cm³/mol. The fourth-order valence-electron chi connectivity index (χ4n) is 1.88. The third-order valence-electron chi connectivity index (χ3n) is 3.24. The lowest BCUT2D eigenvalue weighted by atomic mass is 10.1. The number of benzene rings is 2. The number of hydrazone groups is 1. The molecule has 0 saturated heterocycles. The third kappa shape index (κ3) is 3.63. The van der Waals surface area contributed by atoms with Gasteiger partial charge in [-0.1, -0.05) is 29.8 Å². The van der Waals surface area contributed by atoms with Crippen molar-refractivity contribution >= 4 is 11.6 Å². The first-order chi connectivity index (χ1) is 10.5. The van der Waals surface area contributed by atoms with E-state index in [1.165, 1.54) is 19.2 Å². The van der Waals surface area contributed by atoms with Gasteiger partial charge in [-0.25, -0.2) is 5.43 Å². The van der Waals surface area contributed by atoms with Crippen LogP contribution in [0.3, 0.4) is 0 Å². The number of rotatable bonds is 4. The second-order valence-corrected chi connectivity index (χ2v) is 4.89. The smallest absolute Gasteiger partial charge is 0.275 e. The van der Waals surface area contributed by atoms with Crippen LogP contribution in [0.15, 0.2) is 47.6 Å². The zero-order valence-corrected chi connectivity index (χ0v) is 12.8. The van der Waals surface area contributed by atoms with Crippen LogP contribution >= 0.6 is 0 Å². The van der Waals surface area contributed by atoms with Gasteiger partial charge in [-0.15, -0.1) is 0 Å². The van der Waals surface area contributed by atoms with Gasteiger partial charge in [0.05, 0.1) is 18.4 Å². The zero-order valence-electron chi connectivity index (χ0n) is 12.8. The number of aromatic hydroxyl groups is 1. The molecule has 0 spiro atoms. The summed E-state index contributed by atoms with van der Waals surface area (Å²) >= 11 is 0. The molecule has 0 aliphatic carbocycles. The molecule has 114 valence electrons. The lowest BCUT2D eigenvalue weighted by Gasteiger charge is -2.06. The van der Waals surface area contributed by atoms with E-state index >= 15 is 0 Å². The van der Waals surface area contributed by atoms with Crippen LogP contribution in [0.2, 0.25) is 0 Å². The van der Waals surface area contributed by atoms with Crippen LogP contribution in [0.5, 0.6) is 11.5 Å². The molecule has 0 radical (unpaired) electrons. The average Bonchev–Trinajstić information content (AvgIpc) is 2.52. The number of nitrogens with one attached hydrogen (secondary N) is 1. The largest absolute Gasteiger partial charge is 0.507 e. The Balaban J connectivity index is 2.11. The molecule has 0 aromatic heterocycles. The first-order valence-corrected chi connectivity index (χ1v) is 6.80. The quantitative estimate of drug-likeness (QED) is 0.673.